The number of nitrogens with zero attached hydrogens (tertiary/aromatic N) is 1. The van der Waals surface area contributed by atoms with Gasteiger partial charge < -0.3 is 14.8 Å². The van der Waals surface area contributed by atoms with Gasteiger partial charge in [0.25, 0.3) is 5.56 Å². The summed E-state index contributed by atoms with van der Waals surface area (Å²) in [5.41, 5.74) is 1.93. The molecule has 2 aromatic carbocycles. The van der Waals surface area contributed by atoms with Crippen molar-refractivity contribution in [3.63, 3.8) is 0 Å². The lowest BCUT2D eigenvalue weighted by atomic mass is 10.1. The molecule has 3 rings (SSSR count). The minimum absolute atomic E-state index is 0.198. The summed E-state index contributed by atoms with van der Waals surface area (Å²) in [4.78, 5) is 25.9. The van der Waals surface area contributed by atoms with Gasteiger partial charge in [-0.25, -0.2) is 0 Å². The number of fused-ring (bicyclic) bond motifs is 1. The summed E-state index contributed by atoms with van der Waals surface area (Å²) in [5, 5.41) is 3.84. The molecule has 0 aliphatic rings. The molecule has 28 heavy (non-hydrogen) atoms. The normalized spacial score (nSPS) is 11.9. The third kappa shape index (κ3) is 3.58. The molecule has 0 fully saturated rings. The first-order valence-electron chi connectivity index (χ1n) is 9.14. The zero-order valence-corrected chi connectivity index (χ0v) is 16.5. The third-order valence-corrected chi connectivity index (χ3v) is 4.83. The predicted molar refractivity (Wildman–Crippen MR) is 110 cm³/mol. The second-order valence-corrected chi connectivity index (χ2v) is 6.53. The number of benzene rings is 2. The van der Waals surface area contributed by atoms with Crippen LogP contribution in [-0.4, -0.2) is 24.7 Å². The number of carbonyl (C=O) groups is 1. The van der Waals surface area contributed by atoms with Crippen LogP contribution >= 0.6 is 0 Å². The Morgan fingerprint density at radius 3 is 2.54 bits per heavy atom. The highest BCUT2D eigenvalue weighted by Gasteiger charge is 2.23. The number of carbonyl (C=O) groups excluding carboxylic acids is 1. The van der Waals surface area contributed by atoms with E-state index in [0.717, 1.165) is 16.5 Å². The Bertz CT molecular complexity index is 1070. The van der Waals surface area contributed by atoms with Gasteiger partial charge in [-0.1, -0.05) is 25.1 Å². The minimum Gasteiger partial charge on any atom is -0.497 e. The van der Waals surface area contributed by atoms with E-state index in [1.165, 1.54) is 7.11 Å². The van der Waals surface area contributed by atoms with Crippen molar-refractivity contribution < 1.29 is 14.3 Å². The van der Waals surface area contributed by atoms with Gasteiger partial charge in [0, 0.05) is 17.5 Å². The van der Waals surface area contributed by atoms with Gasteiger partial charge in [0.15, 0.2) is 0 Å². The number of hydrogen-bond acceptors (Lipinski definition) is 4. The summed E-state index contributed by atoms with van der Waals surface area (Å²) < 4.78 is 12.1. The van der Waals surface area contributed by atoms with Crippen LogP contribution in [0.25, 0.3) is 10.9 Å². The highest BCUT2D eigenvalue weighted by molar-refractivity contribution is 5.96. The summed E-state index contributed by atoms with van der Waals surface area (Å²) in [6.07, 6.45) is 0.463. The first kappa shape index (κ1) is 19.5. The molecule has 1 aromatic heterocycles. The summed E-state index contributed by atoms with van der Waals surface area (Å²) >= 11 is 0. The van der Waals surface area contributed by atoms with Crippen molar-refractivity contribution in [2.24, 2.45) is 0 Å². The van der Waals surface area contributed by atoms with Crippen LogP contribution in [0.5, 0.6) is 11.5 Å². The molecule has 0 saturated carbocycles. The maximum Gasteiger partial charge on any atom is 0.252 e. The average molecular weight is 380 g/mol. The van der Waals surface area contributed by atoms with Gasteiger partial charge in [0.1, 0.15) is 17.5 Å². The molecule has 0 spiro atoms. The third-order valence-electron chi connectivity index (χ3n) is 4.83. The van der Waals surface area contributed by atoms with Gasteiger partial charge in [0.05, 0.1) is 25.4 Å². The van der Waals surface area contributed by atoms with Gasteiger partial charge in [-0.3, -0.25) is 14.2 Å². The number of rotatable bonds is 6. The number of amides is 1. The molecular formula is C22H24N2O4. The minimum atomic E-state index is -0.658. The topological polar surface area (TPSA) is 69.6 Å². The molecule has 0 aliphatic heterocycles. The predicted octanol–water partition coefficient (Wildman–Crippen LogP) is 3.92. The molecule has 1 atom stereocenters. The molecule has 1 N–H and O–H groups in total. The number of ether oxygens (including phenoxy) is 2. The van der Waals surface area contributed by atoms with Crippen LogP contribution in [0.2, 0.25) is 0 Å². The van der Waals surface area contributed by atoms with Crippen molar-refractivity contribution in [1.29, 1.82) is 0 Å². The van der Waals surface area contributed by atoms with Crippen molar-refractivity contribution >= 4 is 22.5 Å². The Morgan fingerprint density at radius 1 is 1.11 bits per heavy atom. The quantitative estimate of drug-likeness (QED) is 0.704. The van der Waals surface area contributed by atoms with Gasteiger partial charge in [0.2, 0.25) is 5.91 Å². The van der Waals surface area contributed by atoms with Gasteiger partial charge in [-0.2, -0.15) is 0 Å². The van der Waals surface area contributed by atoms with E-state index in [0.29, 0.717) is 23.6 Å². The van der Waals surface area contributed by atoms with Crippen LogP contribution in [0, 0.1) is 6.92 Å². The van der Waals surface area contributed by atoms with Crippen molar-refractivity contribution in [3.8, 4) is 11.5 Å². The van der Waals surface area contributed by atoms with Gasteiger partial charge >= 0.3 is 0 Å². The van der Waals surface area contributed by atoms with Crippen molar-refractivity contribution in [2.75, 3.05) is 19.5 Å². The lowest BCUT2D eigenvalue weighted by molar-refractivity contribution is -0.119. The number of hydrogen-bond donors (Lipinski definition) is 1. The maximum absolute atomic E-state index is 13.1. The lowest BCUT2D eigenvalue weighted by Gasteiger charge is -2.21. The summed E-state index contributed by atoms with van der Waals surface area (Å²) in [5.74, 6) is 0.831. The number of para-hydroxylation sites is 1. The van der Waals surface area contributed by atoms with Crippen LogP contribution in [0.1, 0.15) is 24.9 Å². The maximum atomic E-state index is 13.1. The van der Waals surface area contributed by atoms with E-state index in [1.807, 2.05) is 38.1 Å². The number of aromatic nitrogens is 1. The fraction of sp³-hybridized carbons (Fsp3) is 0.273. The van der Waals surface area contributed by atoms with E-state index in [-0.39, 0.29) is 11.5 Å². The number of aryl methyl sites for hydroxylation is 1. The first-order chi connectivity index (χ1) is 13.5. The van der Waals surface area contributed by atoms with Gasteiger partial charge in [-0.05, 0) is 37.1 Å². The largest absolute Gasteiger partial charge is 0.497 e. The molecule has 0 aliphatic carbocycles. The number of nitrogens with one attached hydrogen (secondary N) is 1. The Labute approximate surface area is 163 Å². The fourth-order valence-electron chi connectivity index (χ4n) is 3.40. The van der Waals surface area contributed by atoms with E-state index in [1.54, 1.807) is 35.9 Å². The zero-order chi connectivity index (χ0) is 20.3. The molecule has 3 aromatic rings. The van der Waals surface area contributed by atoms with E-state index >= 15 is 0 Å². The molecule has 6 nitrogen and oxygen atoms in total. The molecule has 1 heterocycles. The molecule has 1 unspecified atom stereocenters. The van der Waals surface area contributed by atoms with Crippen LogP contribution < -0.4 is 20.3 Å². The zero-order valence-electron chi connectivity index (χ0n) is 16.5. The van der Waals surface area contributed by atoms with Gasteiger partial charge in [-0.15, -0.1) is 0 Å². The standard InChI is InChI=1S/C22H24N2O4/c1-5-18(22(26)23-17-13-15(27-3)10-11-20(17)28-4)24-19-9-7-6-8-16(19)14(2)12-21(24)25/h6-13,18H,5H2,1-4H3,(H,23,26). The highest BCUT2D eigenvalue weighted by atomic mass is 16.5. The summed E-state index contributed by atoms with van der Waals surface area (Å²) in [6.45, 7) is 3.78. The SMILES string of the molecule is CCC(C(=O)Nc1cc(OC)ccc1OC)n1c(=O)cc(C)c2ccccc21. The molecular weight excluding hydrogens is 356 g/mol. The van der Waals surface area contributed by atoms with Crippen LogP contribution in [0.15, 0.2) is 53.3 Å². The lowest BCUT2D eigenvalue weighted by Crippen LogP contribution is -2.33. The van der Waals surface area contributed by atoms with Crippen molar-refractivity contribution in [2.45, 2.75) is 26.3 Å². The molecule has 0 saturated heterocycles. The van der Waals surface area contributed by atoms with Crippen LogP contribution in [0.4, 0.5) is 5.69 Å². The number of methoxy groups -OCH3 is 2. The molecule has 1 amide bonds. The Balaban J connectivity index is 2.05. The monoisotopic (exact) mass is 380 g/mol. The first-order valence-corrected chi connectivity index (χ1v) is 9.14. The number of pyridine rings is 1. The van der Waals surface area contributed by atoms with Crippen molar-refractivity contribution in [1.82, 2.24) is 4.57 Å². The molecule has 0 bridgehead atoms. The highest BCUT2D eigenvalue weighted by Crippen LogP contribution is 2.30. The second-order valence-electron chi connectivity index (χ2n) is 6.53. The van der Waals surface area contributed by atoms with Crippen LogP contribution in [-0.2, 0) is 4.79 Å². The second kappa shape index (κ2) is 8.17. The van der Waals surface area contributed by atoms with Crippen molar-refractivity contribution in [3.05, 3.63) is 64.4 Å². The number of anilines is 1. The molecule has 0 radical (unpaired) electrons. The Kier molecular flexibility index (Phi) is 5.68. The van der Waals surface area contributed by atoms with Crippen LogP contribution in [0.3, 0.4) is 0 Å². The van der Waals surface area contributed by atoms with E-state index in [4.69, 9.17) is 9.47 Å². The fourth-order valence-corrected chi connectivity index (χ4v) is 3.40. The molecule has 146 valence electrons. The summed E-state index contributed by atoms with van der Waals surface area (Å²) in [7, 11) is 3.09. The average Bonchev–Trinajstić information content (AvgIpc) is 2.70. The van der Waals surface area contributed by atoms with E-state index in [9.17, 15) is 9.59 Å². The summed E-state index contributed by atoms with van der Waals surface area (Å²) in [6, 6.07) is 13.7. The Morgan fingerprint density at radius 2 is 1.86 bits per heavy atom. The van der Waals surface area contributed by atoms with E-state index < -0.39 is 6.04 Å². The smallest absolute Gasteiger partial charge is 0.252 e. The Hall–Kier alpha value is -3.28. The van der Waals surface area contributed by atoms with E-state index in [2.05, 4.69) is 5.32 Å². The molecule has 6 heteroatoms.